The molecule has 2 N–H and O–H groups in total. The molecular formula is C13H21N3S. The molecule has 0 aromatic carbocycles. The monoisotopic (exact) mass is 251 g/mol. The number of aromatic nitrogens is 1. The van der Waals surface area contributed by atoms with Gasteiger partial charge in [0.15, 0.2) is 5.13 Å². The topological polar surface area (TPSA) is 42.1 Å². The Bertz CT molecular complexity index is 376. The lowest BCUT2D eigenvalue weighted by molar-refractivity contribution is 0.202. The lowest BCUT2D eigenvalue weighted by Gasteiger charge is -2.41. The summed E-state index contributed by atoms with van der Waals surface area (Å²) in [4.78, 5) is 7.09. The minimum absolute atomic E-state index is 0.566. The molecule has 4 heteroatoms. The second kappa shape index (κ2) is 4.94. The van der Waals surface area contributed by atoms with Crippen LogP contribution in [0, 0.1) is 11.8 Å². The molecule has 1 aromatic heterocycles. The zero-order valence-corrected chi connectivity index (χ0v) is 11.1. The van der Waals surface area contributed by atoms with Crippen molar-refractivity contribution in [2.24, 2.45) is 17.6 Å². The Labute approximate surface area is 107 Å². The second-order valence-electron chi connectivity index (χ2n) is 5.36. The number of fused-ring (bicyclic) bond motifs is 1. The lowest BCUT2D eigenvalue weighted by atomic mass is 9.75. The van der Waals surface area contributed by atoms with Crippen LogP contribution in [0.3, 0.4) is 0 Å². The SMILES string of the molecule is NCc1csc(N2CCC3CCCCC3C2)n1. The standard InChI is InChI=1S/C13H21N3S/c14-7-12-9-17-13(15-12)16-6-5-10-3-1-2-4-11(10)8-16/h9-11H,1-8,14H2. The molecule has 0 bridgehead atoms. The van der Waals surface area contributed by atoms with Gasteiger partial charge in [-0.3, -0.25) is 0 Å². The highest BCUT2D eigenvalue weighted by atomic mass is 32.1. The third-order valence-electron chi connectivity index (χ3n) is 4.31. The molecule has 0 spiro atoms. The normalized spacial score (nSPS) is 29.1. The third kappa shape index (κ3) is 2.33. The molecule has 94 valence electrons. The first-order chi connectivity index (χ1) is 8.36. The van der Waals surface area contributed by atoms with E-state index in [9.17, 15) is 0 Å². The van der Waals surface area contributed by atoms with Crippen LogP contribution in [0.25, 0.3) is 0 Å². The van der Waals surface area contributed by atoms with Gasteiger partial charge in [-0.05, 0) is 24.7 Å². The lowest BCUT2D eigenvalue weighted by Crippen LogP contribution is -2.41. The van der Waals surface area contributed by atoms with Crippen LogP contribution >= 0.6 is 11.3 Å². The van der Waals surface area contributed by atoms with Gasteiger partial charge in [0.1, 0.15) is 0 Å². The fourth-order valence-electron chi connectivity index (χ4n) is 3.31. The maximum absolute atomic E-state index is 5.62. The van der Waals surface area contributed by atoms with Crippen LogP contribution in [0.1, 0.15) is 37.8 Å². The number of nitrogens with zero attached hydrogens (tertiary/aromatic N) is 2. The molecule has 1 saturated carbocycles. The van der Waals surface area contributed by atoms with Gasteiger partial charge < -0.3 is 10.6 Å². The summed E-state index contributed by atoms with van der Waals surface area (Å²) in [5, 5.41) is 3.29. The first-order valence-electron chi connectivity index (χ1n) is 6.76. The van der Waals surface area contributed by atoms with E-state index in [-0.39, 0.29) is 0 Å². The average Bonchev–Trinajstić information content (AvgIpc) is 2.87. The van der Waals surface area contributed by atoms with E-state index in [0.717, 1.165) is 17.5 Å². The number of piperidine rings is 1. The van der Waals surface area contributed by atoms with Crippen molar-refractivity contribution >= 4 is 16.5 Å². The van der Waals surface area contributed by atoms with Crippen LogP contribution in [-0.4, -0.2) is 18.1 Å². The molecule has 3 nitrogen and oxygen atoms in total. The van der Waals surface area contributed by atoms with Gasteiger partial charge in [0, 0.05) is 25.0 Å². The maximum Gasteiger partial charge on any atom is 0.185 e. The summed E-state index contributed by atoms with van der Waals surface area (Å²) in [7, 11) is 0. The number of thiazole rings is 1. The highest BCUT2D eigenvalue weighted by Crippen LogP contribution is 2.37. The quantitative estimate of drug-likeness (QED) is 0.878. The Hall–Kier alpha value is -0.610. The summed E-state index contributed by atoms with van der Waals surface area (Å²) in [6.45, 7) is 2.98. The molecule has 0 amide bonds. The minimum atomic E-state index is 0.566. The van der Waals surface area contributed by atoms with Crippen LogP contribution in [0.15, 0.2) is 5.38 Å². The van der Waals surface area contributed by atoms with Crippen LogP contribution < -0.4 is 10.6 Å². The zero-order chi connectivity index (χ0) is 11.7. The molecule has 2 atom stereocenters. The van der Waals surface area contributed by atoms with E-state index < -0.39 is 0 Å². The molecule has 3 rings (SSSR count). The van der Waals surface area contributed by atoms with Crippen molar-refractivity contribution in [2.45, 2.75) is 38.6 Å². The number of nitrogens with two attached hydrogens (primary N) is 1. The van der Waals surface area contributed by atoms with Crippen LogP contribution in [0.4, 0.5) is 5.13 Å². The van der Waals surface area contributed by atoms with E-state index in [1.54, 1.807) is 11.3 Å². The van der Waals surface area contributed by atoms with Gasteiger partial charge in [-0.1, -0.05) is 19.3 Å². The van der Waals surface area contributed by atoms with Crippen molar-refractivity contribution in [3.05, 3.63) is 11.1 Å². The van der Waals surface area contributed by atoms with Gasteiger partial charge in [-0.25, -0.2) is 4.98 Å². The fraction of sp³-hybridized carbons (Fsp3) is 0.769. The highest BCUT2D eigenvalue weighted by molar-refractivity contribution is 7.13. The third-order valence-corrected chi connectivity index (χ3v) is 5.26. The smallest absolute Gasteiger partial charge is 0.185 e. The predicted molar refractivity (Wildman–Crippen MR) is 72.3 cm³/mol. The van der Waals surface area contributed by atoms with Crippen molar-refractivity contribution in [1.82, 2.24) is 4.98 Å². The minimum Gasteiger partial charge on any atom is -0.348 e. The van der Waals surface area contributed by atoms with Gasteiger partial charge >= 0.3 is 0 Å². The van der Waals surface area contributed by atoms with Crippen molar-refractivity contribution in [2.75, 3.05) is 18.0 Å². The van der Waals surface area contributed by atoms with E-state index in [1.807, 2.05) is 0 Å². The largest absolute Gasteiger partial charge is 0.348 e. The molecule has 2 heterocycles. The van der Waals surface area contributed by atoms with Gasteiger partial charge in [0.25, 0.3) is 0 Å². The Morgan fingerprint density at radius 1 is 1.29 bits per heavy atom. The van der Waals surface area contributed by atoms with E-state index in [2.05, 4.69) is 15.3 Å². The Morgan fingerprint density at radius 2 is 2.12 bits per heavy atom. The summed E-state index contributed by atoms with van der Waals surface area (Å²) in [5.74, 6) is 1.91. The molecule has 17 heavy (non-hydrogen) atoms. The predicted octanol–water partition coefficient (Wildman–Crippen LogP) is 2.62. The fourth-order valence-corrected chi connectivity index (χ4v) is 4.19. The average molecular weight is 251 g/mol. The molecule has 2 unspecified atom stereocenters. The summed E-state index contributed by atoms with van der Waals surface area (Å²) >= 11 is 1.75. The van der Waals surface area contributed by atoms with Crippen molar-refractivity contribution in [1.29, 1.82) is 0 Å². The molecular weight excluding hydrogens is 230 g/mol. The summed E-state index contributed by atoms with van der Waals surface area (Å²) in [6, 6.07) is 0. The van der Waals surface area contributed by atoms with Gasteiger partial charge in [0.2, 0.25) is 0 Å². The highest BCUT2D eigenvalue weighted by Gasteiger charge is 2.31. The maximum atomic E-state index is 5.62. The van der Waals surface area contributed by atoms with E-state index in [4.69, 9.17) is 5.73 Å². The van der Waals surface area contributed by atoms with Gasteiger partial charge in [-0.15, -0.1) is 11.3 Å². The molecule has 1 saturated heterocycles. The van der Waals surface area contributed by atoms with E-state index >= 15 is 0 Å². The summed E-state index contributed by atoms with van der Waals surface area (Å²) in [6.07, 6.45) is 7.14. The molecule has 2 fully saturated rings. The number of rotatable bonds is 2. The van der Waals surface area contributed by atoms with Crippen molar-refractivity contribution in [3.63, 3.8) is 0 Å². The molecule has 2 aliphatic rings. The second-order valence-corrected chi connectivity index (χ2v) is 6.20. The Morgan fingerprint density at radius 3 is 2.88 bits per heavy atom. The summed E-state index contributed by atoms with van der Waals surface area (Å²) in [5.41, 5.74) is 6.66. The van der Waals surface area contributed by atoms with Crippen LogP contribution in [0.5, 0.6) is 0 Å². The number of hydrogen-bond acceptors (Lipinski definition) is 4. The number of hydrogen-bond donors (Lipinski definition) is 1. The number of anilines is 1. The Balaban J connectivity index is 1.68. The van der Waals surface area contributed by atoms with Crippen molar-refractivity contribution in [3.8, 4) is 0 Å². The van der Waals surface area contributed by atoms with E-state index in [0.29, 0.717) is 6.54 Å². The molecule has 1 aliphatic heterocycles. The zero-order valence-electron chi connectivity index (χ0n) is 10.3. The van der Waals surface area contributed by atoms with Crippen LogP contribution in [-0.2, 0) is 6.54 Å². The van der Waals surface area contributed by atoms with Gasteiger partial charge in [-0.2, -0.15) is 0 Å². The molecule has 1 aromatic rings. The Kier molecular flexibility index (Phi) is 3.34. The molecule has 0 radical (unpaired) electrons. The molecule has 1 aliphatic carbocycles. The first-order valence-corrected chi connectivity index (χ1v) is 7.64. The van der Waals surface area contributed by atoms with E-state index in [1.165, 1.54) is 50.3 Å². The summed E-state index contributed by atoms with van der Waals surface area (Å²) < 4.78 is 0. The van der Waals surface area contributed by atoms with Crippen molar-refractivity contribution < 1.29 is 0 Å². The van der Waals surface area contributed by atoms with Crippen LogP contribution in [0.2, 0.25) is 0 Å². The first kappa shape index (κ1) is 11.5. The van der Waals surface area contributed by atoms with Gasteiger partial charge in [0.05, 0.1) is 5.69 Å².